The Bertz CT molecular complexity index is 662. The predicted molar refractivity (Wildman–Crippen MR) is 85.1 cm³/mol. The van der Waals surface area contributed by atoms with Gasteiger partial charge in [-0.1, -0.05) is 15.9 Å². The number of benzene rings is 1. The van der Waals surface area contributed by atoms with Crippen LogP contribution in [0.1, 0.15) is 35.2 Å². The van der Waals surface area contributed by atoms with E-state index in [2.05, 4.69) is 41.2 Å². The summed E-state index contributed by atoms with van der Waals surface area (Å²) in [7, 11) is 2.02. The summed E-state index contributed by atoms with van der Waals surface area (Å²) in [5, 5.41) is 4.70. The average molecular weight is 319 g/mol. The molecule has 100 valence electrons. The lowest BCUT2D eigenvalue weighted by molar-refractivity contribution is 0.672. The van der Waals surface area contributed by atoms with E-state index >= 15 is 0 Å². The van der Waals surface area contributed by atoms with Crippen molar-refractivity contribution in [3.8, 4) is 0 Å². The highest BCUT2D eigenvalue weighted by molar-refractivity contribution is 9.10. The molecule has 3 rings (SSSR count). The number of anilines is 1. The van der Waals surface area contributed by atoms with Crippen LogP contribution < -0.4 is 5.32 Å². The van der Waals surface area contributed by atoms with Gasteiger partial charge in [0.2, 0.25) is 0 Å². The van der Waals surface area contributed by atoms with Crippen molar-refractivity contribution in [2.45, 2.75) is 39.5 Å². The van der Waals surface area contributed by atoms with Crippen LogP contribution in [-0.4, -0.2) is 12.0 Å². The molecule has 3 heteroatoms. The molecule has 0 saturated carbocycles. The maximum Gasteiger partial charge on any atom is 0.0732 e. The van der Waals surface area contributed by atoms with E-state index in [-0.39, 0.29) is 0 Å². The van der Waals surface area contributed by atoms with Gasteiger partial charge in [-0.15, -0.1) is 0 Å². The highest BCUT2D eigenvalue weighted by atomic mass is 79.9. The van der Waals surface area contributed by atoms with Crippen molar-refractivity contribution in [3.05, 3.63) is 32.9 Å². The molecule has 0 spiro atoms. The fourth-order valence-corrected chi connectivity index (χ4v) is 3.51. The average Bonchev–Trinajstić information content (AvgIpc) is 2.42. The van der Waals surface area contributed by atoms with Crippen LogP contribution >= 0.6 is 15.9 Å². The summed E-state index contributed by atoms with van der Waals surface area (Å²) in [6.07, 6.45) is 4.82. The molecule has 2 aromatic rings. The van der Waals surface area contributed by atoms with Gasteiger partial charge in [0, 0.05) is 28.3 Å². The third-order valence-electron chi connectivity index (χ3n) is 4.16. The summed E-state index contributed by atoms with van der Waals surface area (Å²) in [6, 6.07) is 2.20. The molecule has 0 saturated heterocycles. The van der Waals surface area contributed by atoms with Crippen molar-refractivity contribution in [1.82, 2.24) is 4.98 Å². The standard InChI is InChI=1S/C16H19BrN2/c1-9-8-13-14(10(2)15(9)17)16(18-3)11-6-4-5-7-12(11)19-13/h8H,4-7H2,1-3H3,(H,18,19). The van der Waals surface area contributed by atoms with Crippen LogP contribution in [0.2, 0.25) is 0 Å². The summed E-state index contributed by atoms with van der Waals surface area (Å²) in [4.78, 5) is 4.93. The maximum absolute atomic E-state index is 4.93. The maximum atomic E-state index is 4.93. The highest BCUT2D eigenvalue weighted by Crippen LogP contribution is 2.38. The fourth-order valence-electron chi connectivity index (χ4n) is 3.20. The quantitative estimate of drug-likeness (QED) is 0.835. The zero-order valence-electron chi connectivity index (χ0n) is 11.7. The van der Waals surface area contributed by atoms with Gasteiger partial charge in [-0.05, 0) is 62.3 Å². The molecule has 0 bridgehead atoms. The van der Waals surface area contributed by atoms with Gasteiger partial charge in [-0.2, -0.15) is 0 Å². The summed E-state index contributed by atoms with van der Waals surface area (Å²) in [5.74, 6) is 0. The molecule has 0 aliphatic heterocycles. The molecule has 19 heavy (non-hydrogen) atoms. The molecule has 1 aromatic carbocycles. The summed E-state index contributed by atoms with van der Waals surface area (Å²) in [5.41, 5.74) is 7.70. The van der Waals surface area contributed by atoms with Crippen LogP contribution in [0.25, 0.3) is 10.9 Å². The fraction of sp³-hybridized carbons (Fsp3) is 0.438. The van der Waals surface area contributed by atoms with Gasteiger partial charge in [-0.25, -0.2) is 0 Å². The van der Waals surface area contributed by atoms with Crippen LogP contribution in [0, 0.1) is 13.8 Å². The smallest absolute Gasteiger partial charge is 0.0732 e. The van der Waals surface area contributed by atoms with E-state index in [1.165, 1.54) is 50.8 Å². The normalized spacial score (nSPS) is 14.5. The highest BCUT2D eigenvalue weighted by Gasteiger charge is 2.19. The van der Waals surface area contributed by atoms with Gasteiger partial charge in [0.05, 0.1) is 5.52 Å². The lowest BCUT2D eigenvalue weighted by atomic mass is 9.91. The molecular weight excluding hydrogens is 300 g/mol. The number of fused-ring (bicyclic) bond motifs is 2. The van der Waals surface area contributed by atoms with Gasteiger partial charge >= 0.3 is 0 Å². The van der Waals surface area contributed by atoms with Crippen molar-refractivity contribution in [2.24, 2.45) is 0 Å². The SMILES string of the molecule is CNc1c2c(nc3cc(C)c(Br)c(C)c13)CCCC2. The second-order valence-electron chi connectivity index (χ2n) is 5.40. The molecule has 1 heterocycles. The largest absolute Gasteiger partial charge is 0.387 e. The van der Waals surface area contributed by atoms with E-state index in [4.69, 9.17) is 4.98 Å². The number of hydrogen-bond acceptors (Lipinski definition) is 2. The Hall–Kier alpha value is -1.09. The van der Waals surface area contributed by atoms with Crippen molar-refractivity contribution in [2.75, 3.05) is 12.4 Å². The van der Waals surface area contributed by atoms with E-state index in [9.17, 15) is 0 Å². The molecule has 1 aliphatic rings. The van der Waals surface area contributed by atoms with Crippen molar-refractivity contribution >= 4 is 32.5 Å². The topological polar surface area (TPSA) is 24.9 Å². The van der Waals surface area contributed by atoms with E-state index in [1.807, 2.05) is 7.05 Å². The minimum absolute atomic E-state index is 1.12. The molecule has 0 radical (unpaired) electrons. The first-order valence-corrected chi connectivity index (χ1v) is 7.71. The van der Waals surface area contributed by atoms with Crippen molar-refractivity contribution < 1.29 is 0 Å². The van der Waals surface area contributed by atoms with Gasteiger partial charge in [-0.3, -0.25) is 4.98 Å². The number of aryl methyl sites for hydroxylation is 3. The molecule has 1 aliphatic carbocycles. The molecule has 0 unspecified atom stereocenters. The number of halogens is 1. The van der Waals surface area contributed by atoms with Crippen LogP contribution in [-0.2, 0) is 12.8 Å². The van der Waals surface area contributed by atoms with Gasteiger partial charge in [0.25, 0.3) is 0 Å². The van der Waals surface area contributed by atoms with E-state index < -0.39 is 0 Å². The van der Waals surface area contributed by atoms with Crippen LogP contribution in [0.15, 0.2) is 10.5 Å². The first-order chi connectivity index (χ1) is 9.13. The second-order valence-corrected chi connectivity index (χ2v) is 6.19. The minimum Gasteiger partial charge on any atom is -0.387 e. The predicted octanol–water partition coefficient (Wildman–Crippen LogP) is 4.53. The molecule has 1 N–H and O–H groups in total. The lowest BCUT2D eigenvalue weighted by Gasteiger charge is -2.22. The Kier molecular flexibility index (Phi) is 3.25. The van der Waals surface area contributed by atoms with Gasteiger partial charge in [0.15, 0.2) is 0 Å². The van der Waals surface area contributed by atoms with E-state index in [1.54, 1.807) is 0 Å². The van der Waals surface area contributed by atoms with Gasteiger partial charge < -0.3 is 5.32 Å². The molecule has 1 aromatic heterocycles. The molecular formula is C16H19BrN2. The molecule has 0 fully saturated rings. The van der Waals surface area contributed by atoms with Crippen LogP contribution in [0.5, 0.6) is 0 Å². The molecule has 0 amide bonds. The monoisotopic (exact) mass is 318 g/mol. The third-order valence-corrected chi connectivity index (χ3v) is 5.38. The van der Waals surface area contributed by atoms with Crippen LogP contribution in [0.4, 0.5) is 5.69 Å². The second kappa shape index (κ2) is 4.78. The number of nitrogens with one attached hydrogen (secondary N) is 1. The van der Waals surface area contributed by atoms with Crippen molar-refractivity contribution in [3.63, 3.8) is 0 Å². The first kappa shape index (κ1) is 12.9. The Labute approximate surface area is 122 Å². The number of hydrogen-bond donors (Lipinski definition) is 1. The number of nitrogens with zero attached hydrogens (tertiary/aromatic N) is 1. The minimum atomic E-state index is 1.12. The Morgan fingerprint density at radius 1 is 1.21 bits per heavy atom. The molecule has 2 nitrogen and oxygen atoms in total. The number of aromatic nitrogens is 1. The number of pyridine rings is 1. The number of rotatable bonds is 1. The summed E-state index contributed by atoms with van der Waals surface area (Å²) in [6.45, 7) is 4.31. The third kappa shape index (κ3) is 1.95. The Morgan fingerprint density at radius 2 is 1.95 bits per heavy atom. The zero-order valence-corrected chi connectivity index (χ0v) is 13.3. The lowest BCUT2D eigenvalue weighted by Crippen LogP contribution is -2.10. The van der Waals surface area contributed by atoms with E-state index in [0.29, 0.717) is 0 Å². The Morgan fingerprint density at radius 3 is 2.68 bits per heavy atom. The van der Waals surface area contributed by atoms with E-state index in [0.717, 1.165) is 18.4 Å². The first-order valence-electron chi connectivity index (χ1n) is 6.92. The Balaban J connectivity index is 2.44. The zero-order chi connectivity index (χ0) is 13.6. The van der Waals surface area contributed by atoms with Crippen molar-refractivity contribution in [1.29, 1.82) is 0 Å². The van der Waals surface area contributed by atoms with Gasteiger partial charge in [0.1, 0.15) is 0 Å². The molecule has 0 atom stereocenters. The van der Waals surface area contributed by atoms with Crippen LogP contribution in [0.3, 0.4) is 0 Å². The summed E-state index contributed by atoms with van der Waals surface area (Å²) < 4.78 is 1.20. The summed E-state index contributed by atoms with van der Waals surface area (Å²) >= 11 is 3.70.